The van der Waals surface area contributed by atoms with Gasteiger partial charge in [0.25, 0.3) is 5.91 Å². The number of halogens is 2. The summed E-state index contributed by atoms with van der Waals surface area (Å²) < 4.78 is 48.2. The molecule has 1 aliphatic rings. The highest BCUT2D eigenvalue weighted by Crippen LogP contribution is 2.27. The van der Waals surface area contributed by atoms with Crippen molar-refractivity contribution >= 4 is 54.5 Å². The second-order valence-corrected chi connectivity index (χ2v) is 11.5. The molecule has 0 aliphatic carbocycles. The molecule has 1 unspecified atom stereocenters. The Kier molecular flexibility index (Phi) is 5.54. The lowest BCUT2D eigenvalue weighted by molar-refractivity contribution is 0.102. The maximum Gasteiger partial charge on any atom is 0.255 e. The molecule has 2 aromatic rings. The number of nitrogens with one attached hydrogen (secondary N) is 1. The predicted molar refractivity (Wildman–Crippen MR) is 105 cm³/mol. The van der Waals surface area contributed by atoms with Crippen molar-refractivity contribution in [2.75, 3.05) is 16.8 Å². The Morgan fingerprint density at radius 3 is 2.30 bits per heavy atom. The molecule has 1 aliphatic heterocycles. The summed E-state index contributed by atoms with van der Waals surface area (Å²) in [4.78, 5) is 12.3. The molecule has 10 heteroatoms. The molecule has 1 saturated heterocycles. The molecular formula is C17H15Cl2NO5S2. The van der Waals surface area contributed by atoms with Gasteiger partial charge in [0.1, 0.15) is 0 Å². The first kappa shape index (κ1) is 20.1. The van der Waals surface area contributed by atoms with E-state index in [9.17, 15) is 21.6 Å². The van der Waals surface area contributed by atoms with Crippen molar-refractivity contribution < 1.29 is 21.6 Å². The molecule has 0 saturated carbocycles. The van der Waals surface area contributed by atoms with Crippen LogP contribution in [-0.4, -0.2) is 39.5 Å². The van der Waals surface area contributed by atoms with E-state index < -0.39 is 30.8 Å². The van der Waals surface area contributed by atoms with Gasteiger partial charge in [-0.05, 0) is 48.9 Å². The van der Waals surface area contributed by atoms with E-state index in [1.807, 2.05) is 0 Å². The number of carbonyl (C=O) groups is 1. The Morgan fingerprint density at radius 2 is 1.74 bits per heavy atom. The average molecular weight is 448 g/mol. The number of benzene rings is 2. The van der Waals surface area contributed by atoms with Crippen LogP contribution in [0.15, 0.2) is 47.4 Å². The van der Waals surface area contributed by atoms with Crippen molar-refractivity contribution in [2.24, 2.45) is 0 Å². The van der Waals surface area contributed by atoms with Crippen LogP contribution in [0.5, 0.6) is 0 Å². The van der Waals surface area contributed by atoms with Crippen LogP contribution in [-0.2, 0) is 19.7 Å². The first-order valence-electron chi connectivity index (χ1n) is 7.89. The standard InChI is InChI=1S/C17H15Cl2NO5S2/c18-12-3-6-16(15(19)9-12)20-17(21)11-1-4-13(5-2-11)27(24,25)14-7-8-26(22,23)10-14/h1-6,9,14H,7-8,10H2,(H,20,21). The van der Waals surface area contributed by atoms with Gasteiger partial charge in [-0.15, -0.1) is 0 Å². The summed E-state index contributed by atoms with van der Waals surface area (Å²) in [5, 5.41) is 2.38. The van der Waals surface area contributed by atoms with Crippen molar-refractivity contribution in [1.29, 1.82) is 0 Å². The lowest BCUT2D eigenvalue weighted by atomic mass is 10.2. The maximum absolute atomic E-state index is 12.6. The number of hydrogen-bond donors (Lipinski definition) is 1. The molecule has 27 heavy (non-hydrogen) atoms. The van der Waals surface area contributed by atoms with Crippen LogP contribution < -0.4 is 5.32 Å². The van der Waals surface area contributed by atoms with E-state index in [-0.39, 0.29) is 33.4 Å². The van der Waals surface area contributed by atoms with Crippen LogP contribution in [0.4, 0.5) is 5.69 Å². The molecule has 1 heterocycles. The second-order valence-electron chi connectivity index (χ2n) is 6.17. The number of rotatable bonds is 4. The van der Waals surface area contributed by atoms with E-state index in [0.717, 1.165) is 0 Å². The lowest BCUT2D eigenvalue weighted by Gasteiger charge is -2.11. The van der Waals surface area contributed by atoms with Crippen molar-refractivity contribution in [3.63, 3.8) is 0 Å². The highest BCUT2D eigenvalue weighted by atomic mass is 35.5. The van der Waals surface area contributed by atoms with Crippen LogP contribution in [0.3, 0.4) is 0 Å². The smallest absolute Gasteiger partial charge is 0.255 e. The minimum absolute atomic E-state index is 0.00863. The fourth-order valence-electron chi connectivity index (χ4n) is 2.78. The van der Waals surface area contributed by atoms with Crippen LogP contribution in [0.2, 0.25) is 10.0 Å². The van der Waals surface area contributed by atoms with Crippen LogP contribution >= 0.6 is 23.2 Å². The van der Waals surface area contributed by atoms with Gasteiger partial charge in [0, 0.05) is 10.6 Å². The molecular weight excluding hydrogens is 433 g/mol. The summed E-state index contributed by atoms with van der Waals surface area (Å²) in [5.74, 6) is -0.960. The summed E-state index contributed by atoms with van der Waals surface area (Å²) in [7, 11) is -7.08. The Bertz CT molecular complexity index is 1100. The molecule has 1 N–H and O–H groups in total. The average Bonchev–Trinajstić information content (AvgIpc) is 2.98. The molecule has 2 aromatic carbocycles. The summed E-state index contributed by atoms with van der Waals surface area (Å²) in [5.41, 5.74) is 0.609. The zero-order valence-electron chi connectivity index (χ0n) is 13.9. The van der Waals surface area contributed by atoms with E-state index >= 15 is 0 Å². The zero-order chi connectivity index (χ0) is 19.8. The van der Waals surface area contributed by atoms with E-state index in [0.29, 0.717) is 10.7 Å². The molecule has 0 radical (unpaired) electrons. The number of anilines is 1. The van der Waals surface area contributed by atoms with Gasteiger partial charge in [-0.25, -0.2) is 16.8 Å². The molecule has 144 valence electrons. The maximum atomic E-state index is 12.6. The van der Waals surface area contributed by atoms with Gasteiger partial charge in [0.05, 0.1) is 32.4 Å². The quantitative estimate of drug-likeness (QED) is 0.775. The van der Waals surface area contributed by atoms with Gasteiger partial charge in [-0.2, -0.15) is 0 Å². The van der Waals surface area contributed by atoms with Gasteiger partial charge in [0.15, 0.2) is 19.7 Å². The van der Waals surface area contributed by atoms with Crippen molar-refractivity contribution in [3.05, 3.63) is 58.1 Å². The normalized spacial score (nSPS) is 19.0. The Hall–Kier alpha value is -1.61. The number of hydrogen-bond acceptors (Lipinski definition) is 5. The Labute approximate surface area is 167 Å². The Balaban J connectivity index is 1.77. The highest BCUT2D eigenvalue weighted by molar-refractivity contribution is 7.96. The third-order valence-corrected chi connectivity index (χ3v) is 8.99. The third kappa shape index (κ3) is 4.45. The predicted octanol–water partition coefficient (Wildman–Crippen LogP) is 3.21. The van der Waals surface area contributed by atoms with Gasteiger partial charge in [-0.1, -0.05) is 23.2 Å². The topological polar surface area (TPSA) is 97.4 Å². The second kappa shape index (κ2) is 7.43. The molecule has 6 nitrogen and oxygen atoms in total. The van der Waals surface area contributed by atoms with Crippen molar-refractivity contribution in [3.8, 4) is 0 Å². The molecule has 3 rings (SSSR count). The van der Waals surface area contributed by atoms with Crippen LogP contribution in [0.25, 0.3) is 0 Å². The van der Waals surface area contributed by atoms with E-state index in [4.69, 9.17) is 23.2 Å². The Morgan fingerprint density at radius 1 is 1.07 bits per heavy atom. The van der Waals surface area contributed by atoms with Gasteiger partial charge in [0.2, 0.25) is 0 Å². The summed E-state index contributed by atoms with van der Waals surface area (Å²) in [6.45, 7) is 0. The zero-order valence-corrected chi connectivity index (χ0v) is 17.0. The number of carbonyl (C=O) groups excluding carboxylic acids is 1. The number of sulfone groups is 2. The summed E-state index contributed by atoms with van der Waals surface area (Å²) in [6, 6.07) is 9.97. The molecule has 1 amide bonds. The summed E-state index contributed by atoms with van der Waals surface area (Å²) >= 11 is 11.8. The SMILES string of the molecule is O=C(Nc1ccc(Cl)cc1Cl)c1ccc(S(=O)(=O)C2CCS(=O)(=O)C2)cc1. The first-order valence-corrected chi connectivity index (χ1v) is 12.0. The van der Waals surface area contributed by atoms with E-state index in [1.165, 1.54) is 30.3 Å². The third-order valence-electron chi connectivity index (χ3n) is 4.25. The molecule has 1 fully saturated rings. The van der Waals surface area contributed by atoms with E-state index in [1.54, 1.807) is 12.1 Å². The number of amides is 1. The van der Waals surface area contributed by atoms with Crippen LogP contribution in [0, 0.1) is 0 Å². The first-order chi connectivity index (χ1) is 12.6. The largest absolute Gasteiger partial charge is 0.321 e. The van der Waals surface area contributed by atoms with Gasteiger partial charge in [-0.3, -0.25) is 4.79 Å². The molecule has 0 spiro atoms. The molecule has 1 atom stereocenters. The fraction of sp³-hybridized carbons (Fsp3) is 0.235. The van der Waals surface area contributed by atoms with Crippen molar-refractivity contribution in [1.82, 2.24) is 0 Å². The minimum Gasteiger partial charge on any atom is -0.321 e. The molecule has 0 bridgehead atoms. The van der Waals surface area contributed by atoms with E-state index in [2.05, 4.69) is 5.32 Å². The fourth-order valence-corrected chi connectivity index (χ4v) is 7.59. The van der Waals surface area contributed by atoms with Gasteiger partial charge < -0.3 is 5.32 Å². The highest BCUT2D eigenvalue weighted by Gasteiger charge is 2.37. The monoisotopic (exact) mass is 447 g/mol. The van der Waals surface area contributed by atoms with Crippen molar-refractivity contribution in [2.45, 2.75) is 16.6 Å². The van der Waals surface area contributed by atoms with Crippen LogP contribution in [0.1, 0.15) is 16.8 Å². The molecule has 0 aromatic heterocycles. The minimum atomic E-state index is -3.77. The van der Waals surface area contributed by atoms with Gasteiger partial charge >= 0.3 is 0 Å². The summed E-state index contributed by atoms with van der Waals surface area (Å²) in [6.07, 6.45) is 0.0853. The lowest BCUT2D eigenvalue weighted by Crippen LogP contribution is -2.23.